The molecule has 0 aliphatic heterocycles. The first-order valence-corrected chi connectivity index (χ1v) is 8.97. The van der Waals surface area contributed by atoms with Crippen LogP contribution in [-0.4, -0.2) is 9.97 Å². The van der Waals surface area contributed by atoms with Gasteiger partial charge in [0, 0.05) is 12.1 Å². The summed E-state index contributed by atoms with van der Waals surface area (Å²) in [6.45, 7) is 0. The van der Waals surface area contributed by atoms with E-state index >= 15 is 0 Å². The minimum atomic E-state index is 0.440. The number of thiazole rings is 2. The summed E-state index contributed by atoms with van der Waals surface area (Å²) in [5, 5.41) is 11.1. The van der Waals surface area contributed by atoms with Gasteiger partial charge in [-0.15, -0.1) is 22.7 Å². The maximum Gasteiger partial charge on any atom is 0.136 e. The van der Waals surface area contributed by atoms with Crippen molar-refractivity contribution in [2.75, 3.05) is 0 Å². The van der Waals surface area contributed by atoms with E-state index in [4.69, 9.17) is 5.73 Å². The van der Waals surface area contributed by atoms with Crippen LogP contribution in [0.1, 0.15) is 10.0 Å². The molecule has 0 aliphatic rings. The lowest BCUT2D eigenvalue weighted by Crippen LogP contribution is -2.04. The van der Waals surface area contributed by atoms with E-state index in [0.717, 1.165) is 25.4 Å². The molecule has 0 aliphatic carbocycles. The largest absolute Gasteiger partial charge is 0.401 e. The first kappa shape index (κ1) is 14.8. The quantitative estimate of drug-likeness (QED) is 0.559. The van der Waals surface area contributed by atoms with E-state index < -0.39 is 0 Å². The summed E-state index contributed by atoms with van der Waals surface area (Å²) in [5.41, 5.74) is 9.03. The van der Waals surface area contributed by atoms with E-state index in [1.165, 1.54) is 11.3 Å². The third-order valence-corrected chi connectivity index (χ3v) is 5.71. The predicted molar refractivity (Wildman–Crippen MR) is 99.7 cm³/mol. The number of benzene rings is 2. The number of hydrogen-bond acceptors (Lipinski definition) is 6. The SMILES string of the molecule is N#C/C(=C(/N)Cc1nc2ccccc2s1)c1nc2ccccc2s1. The van der Waals surface area contributed by atoms with Crippen LogP contribution in [-0.2, 0) is 6.42 Å². The van der Waals surface area contributed by atoms with Crippen LogP contribution >= 0.6 is 22.7 Å². The smallest absolute Gasteiger partial charge is 0.136 e. The van der Waals surface area contributed by atoms with Crippen molar-refractivity contribution in [3.8, 4) is 6.07 Å². The number of aromatic nitrogens is 2. The molecule has 6 heteroatoms. The lowest BCUT2D eigenvalue weighted by atomic mass is 10.2. The predicted octanol–water partition coefficient (Wildman–Crippen LogP) is 4.34. The fourth-order valence-corrected chi connectivity index (χ4v) is 4.47. The number of nitriles is 1. The fourth-order valence-electron chi connectivity index (χ4n) is 2.48. The number of nitrogens with zero attached hydrogens (tertiary/aromatic N) is 3. The van der Waals surface area contributed by atoms with Gasteiger partial charge in [0.15, 0.2) is 0 Å². The topological polar surface area (TPSA) is 75.6 Å². The van der Waals surface area contributed by atoms with E-state index in [1.54, 1.807) is 11.3 Å². The minimum Gasteiger partial charge on any atom is -0.401 e. The molecule has 2 aromatic carbocycles. The number of nitrogens with two attached hydrogens (primary N) is 1. The lowest BCUT2D eigenvalue weighted by Gasteiger charge is -2.00. The Hall–Kier alpha value is -2.75. The van der Waals surface area contributed by atoms with Gasteiger partial charge in [-0.3, -0.25) is 0 Å². The molecule has 0 amide bonds. The van der Waals surface area contributed by atoms with Gasteiger partial charge in [-0.1, -0.05) is 24.3 Å². The highest BCUT2D eigenvalue weighted by molar-refractivity contribution is 7.19. The van der Waals surface area contributed by atoms with Gasteiger partial charge in [-0.2, -0.15) is 5.26 Å². The molecule has 24 heavy (non-hydrogen) atoms. The third-order valence-electron chi connectivity index (χ3n) is 3.62. The summed E-state index contributed by atoms with van der Waals surface area (Å²) < 4.78 is 2.17. The number of allylic oxidation sites excluding steroid dienone is 2. The van der Waals surface area contributed by atoms with Crippen LogP contribution in [0.3, 0.4) is 0 Å². The molecule has 4 nitrogen and oxygen atoms in total. The van der Waals surface area contributed by atoms with E-state index in [-0.39, 0.29) is 0 Å². The zero-order valence-electron chi connectivity index (χ0n) is 12.6. The molecule has 116 valence electrons. The molecule has 4 aromatic rings. The van der Waals surface area contributed by atoms with E-state index in [0.29, 0.717) is 22.7 Å². The van der Waals surface area contributed by atoms with E-state index in [2.05, 4.69) is 16.0 Å². The molecular formula is C18H12N4S2. The zero-order valence-corrected chi connectivity index (χ0v) is 14.2. The molecule has 0 saturated carbocycles. The number of rotatable bonds is 3. The van der Waals surface area contributed by atoms with Crippen LogP contribution in [0.5, 0.6) is 0 Å². The van der Waals surface area contributed by atoms with Crippen LogP contribution in [0.2, 0.25) is 0 Å². The summed E-state index contributed by atoms with van der Waals surface area (Å²) >= 11 is 3.09. The van der Waals surface area contributed by atoms with Crippen molar-refractivity contribution in [2.45, 2.75) is 6.42 Å². The lowest BCUT2D eigenvalue weighted by molar-refractivity contribution is 1.09. The van der Waals surface area contributed by atoms with E-state index in [1.807, 2.05) is 48.5 Å². The zero-order chi connectivity index (χ0) is 16.5. The van der Waals surface area contributed by atoms with Crippen LogP contribution in [0, 0.1) is 11.3 Å². The fraction of sp³-hybridized carbons (Fsp3) is 0.0556. The minimum absolute atomic E-state index is 0.440. The highest BCUT2D eigenvalue weighted by Gasteiger charge is 2.14. The molecule has 2 aromatic heterocycles. The van der Waals surface area contributed by atoms with Gasteiger partial charge in [0.05, 0.1) is 25.4 Å². The molecule has 0 atom stereocenters. The Kier molecular flexibility index (Phi) is 3.73. The normalized spacial score (nSPS) is 12.3. The Morgan fingerprint density at radius 1 is 0.958 bits per heavy atom. The van der Waals surface area contributed by atoms with Gasteiger partial charge in [0.25, 0.3) is 0 Å². The molecular weight excluding hydrogens is 336 g/mol. The standard InChI is InChI=1S/C18H12N4S2/c19-10-11(18-22-14-6-2-4-8-16(14)24-18)12(20)9-17-21-13-5-1-3-7-15(13)23-17/h1-8H,9,20H2/b12-11-. The van der Waals surface area contributed by atoms with Crippen molar-refractivity contribution >= 4 is 48.7 Å². The summed E-state index contributed by atoms with van der Waals surface area (Å²) in [4.78, 5) is 9.11. The molecule has 2 heterocycles. The molecule has 4 rings (SSSR count). The highest BCUT2D eigenvalue weighted by Crippen LogP contribution is 2.29. The Labute approximate surface area is 146 Å². The van der Waals surface area contributed by atoms with Crippen molar-refractivity contribution in [3.63, 3.8) is 0 Å². The van der Waals surface area contributed by atoms with Gasteiger partial charge < -0.3 is 5.73 Å². The maximum absolute atomic E-state index is 9.55. The van der Waals surface area contributed by atoms with Crippen LogP contribution in [0.15, 0.2) is 54.2 Å². The second-order valence-corrected chi connectivity index (χ2v) is 7.40. The van der Waals surface area contributed by atoms with Crippen molar-refractivity contribution in [3.05, 3.63) is 64.2 Å². The van der Waals surface area contributed by atoms with Crippen molar-refractivity contribution < 1.29 is 0 Å². The second-order valence-electron chi connectivity index (χ2n) is 5.25. The Bertz CT molecular complexity index is 1050. The third kappa shape index (κ3) is 2.64. The van der Waals surface area contributed by atoms with Crippen molar-refractivity contribution in [2.24, 2.45) is 5.73 Å². The van der Waals surface area contributed by atoms with Crippen molar-refractivity contribution in [1.82, 2.24) is 9.97 Å². The number of hydrogen-bond donors (Lipinski definition) is 1. The molecule has 2 N–H and O–H groups in total. The van der Waals surface area contributed by atoms with Gasteiger partial charge >= 0.3 is 0 Å². The van der Waals surface area contributed by atoms with Crippen molar-refractivity contribution in [1.29, 1.82) is 5.26 Å². The van der Waals surface area contributed by atoms with Crippen LogP contribution in [0.4, 0.5) is 0 Å². The van der Waals surface area contributed by atoms with Crippen LogP contribution < -0.4 is 5.73 Å². The second kappa shape index (κ2) is 6.04. The summed E-state index contributed by atoms with van der Waals surface area (Å²) in [6.07, 6.45) is 0.457. The summed E-state index contributed by atoms with van der Waals surface area (Å²) in [7, 11) is 0. The Balaban J connectivity index is 1.73. The maximum atomic E-state index is 9.55. The van der Waals surface area contributed by atoms with Crippen LogP contribution in [0.25, 0.3) is 26.0 Å². The average molecular weight is 348 g/mol. The molecule has 0 spiro atoms. The molecule has 0 bridgehead atoms. The number of para-hydroxylation sites is 2. The van der Waals surface area contributed by atoms with Gasteiger partial charge in [-0.05, 0) is 24.3 Å². The highest BCUT2D eigenvalue weighted by atomic mass is 32.1. The monoisotopic (exact) mass is 348 g/mol. The molecule has 0 saturated heterocycles. The summed E-state index contributed by atoms with van der Waals surface area (Å²) in [6, 6.07) is 18.0. The van der Waals surface area contributed by atoms with Gasteiger partial charge in [0.1, 0.15) is 16.6 Å². The molecule has 0 fully saturated rings. The first-order chi connectivity index (χ1) is 11.7. The number of fused-ring (bicyclic) bond motifs is 2. The van der Waals surface area contributed by atoms with Gasteiger partial charge in [0.2, 0.25) is 0 Å². The molecule has 0 radical (unpaired) electrons. The summed E-state index contributed by atoms with van der Waals surface area (Å²) in [5.74, 6) is 0. The Morgan fingerprint density at radius 2 is 1.58 bits per heavy atom. The molecule has 0 unspecified atom stereocenters. The van der Waals surface area contributed by atoms with Gasteiger partial charge in [-0.25, -0.2) is 9.97 Å². The Morgan fingerprint density at radius 3 is 2.21 bits per heavy atom. The van der Waals surface area contributed by atoms with E-state index in [9.17, 15) is 5.26 Å². The average Bonchev–Trinajstić information content (AvgIpc) is 3.18. The first-order valence-electron chi connectivity index (χ1n) is 7.34.